The second-order valence-electron chi connectivity index (χ2n) is 4.18. The van der Waals surface area contributed by atoms with Crippen LogP contribution in [0.1, 0.15) is 30.9 Å². The summed E-state index contributed by atoms with van der Waals surface area (Å²) >= 11 is 0. The van der Waals surface area contributed by atoms with E-state index in [2.05, 4.69) is 26.0 Å². The molecule has 2 aromatic rings. The maximum absolute atomic E-state index is 5.68. The van der Waals surface area contributed by atoms with Crippen molar-refractivity contribution in [2.75, 3.05) is 0 Å². The predicted molar refractivity (Wildman–Crippen MR) is 67.5 cm³/mol. The molecule has 0 spiro atoms. The Bertz CT molecular complexity index is 440. The quantitative estimate of drug-likeness (QED) is 0.725. The Kier molecular flexibility index (Phi) is 3.45. The molecule has 0 saturated heterocycles. The van der Waals surface area contributed by atoms with Gasteiger partial charge in [-0.2, -0.15) is 0 Å². The van der Waals surface area contributed by atoms with Gasteiger partial charge in [0.15, 0.2) is 0 Å². The van der Waals surface area contributed by atoms with Crippen molar-refractivity contribution in [3.05, 3.63) is 47.7 Å². The van der Waals surface area contributed by atoms with Gasteiger partial charge in [0.1, 0.15) is 5.76 Å². The van der Waals surface area contributed by atoms with E-state index in [0.717, 1.165) is 12.2 Å². The zero-order chi connectivity index (χ0) is 11.4. The SMILES string of the molecule is CCCCc1coc(-c2ccccc2)c1C. The van der Waals surface area contributed by atoms with Crippen molar-refractivity contribution < 1.29 is 4.42 Å². The first-order valence-corrected chi connectivity index (χ1v) is 5.95. The van der Waals surface area contributed by atoms with Crippen LogP contribution >= 0.6 is 0 Å². The summed E-state index contributed by atoms with van der Waals surface area (Å²) in [6.45, 7) is 4.37. The second kappa shape index (κ2) is 5.02. The largest absolute Gasteiger partial charge is 0.464 e. The highest BCUT2D eigenvalue weighted by Gasteiger charge is 2.10. The zero-order valence-electron chi connectivity index (χ0n) is 9.99. The van der Waals surface area contributed by atoms with E-state index in [1.54, 1.807) is 0 Å². The molecule has 0 saturated carbocycles. The average Bonchev–Trinajstić information content (AvgIpc) is 2.69. The van der Waals surface area contributed by atoms with Crippen LogP contribution in [0.15, 0.2) is 41.0 Å². The molecule has 0 unspecified atom stereocenters. The van der Waals surface area contributed by atoms with Crippen molar-refractivity contribution in [3.8, 4) is 11.3 Å². The van der Waals surface area contributed by atoms with Crippen molar-refractivity contribution in [1.29, 1.82) is 0 Å². The van der Waals surface area contributed by atoms with Crippen LogP contribution in [-0.4, -0.2) is 0 Å². The van der Waals surface area contributed by atoms with Gasteiger partial charge in [0.25, 0.3) is 0 Å². The molecule has 0 aliphatic rings. The fourth-order valence-corrected chi connectivity index (χ4v) is 1.94. The van der Waals surface area contributed by atoms with Crippen molar-refractivity contribution >= 4 is 0 Å². The highest BCUT2D eigenvalue weighted by molar-refractivity contribution is 5.62. The first-order valence-electron chi connectivity index (χ1n) is 5.95. The second-order valence-corrected chi connectivity index (χ2v) is 4.18. The van der Waals surface area contributed by atoms with Gasteiger partial charge < -0.3 is 4.42 Å². The van der Waals surface area contributed by atoms with E-state index in [9.17, 15) is 0 Å². The molecule has 0 aliphatic carbocycles. The number of aryl methyl sites for hydroxylation is 1. The standard InChI is InChI=1S/C15H18O/c1-3-4-8-14-11-16-15(12(14)2)13-9-6-5-7-10-13/h5-7,9-11H,3-4,8H2,1-2H3. The molecule has 0 fully saturated rings. The minimum atomic E-state index is 1.02. The summed E-state index contributed by atoms with van der Waals surface area (Å²) in [4.78, 5) is 0. The van der Waals surface area contributed by atoms with Gasteiger partial charge in [-0.25, -0.2) is 0 Å². The van der Waals surface area contributed by atoms with E-state index >= 15 is 0 Å². The monoisotopic (exact) mass is 214 g/mol. The number of furan rings is 1. The van der Waals surface area contributed by atoms with E-state index < -0.39 is 0 Å². The van der Waals surface area contributed by atoms with Gasteiger partial charge in [-0.3, -0.25) is 0 Å². The summed E-state index contributed by atoms with van der Waals surface area (Å²) in [6, 6.07) is 10.3. The number of rotatable bonds is 4. The zero-order valence-corrected chi connectivity index (χ0v) is 9.99. The molecule has 1 heteroatoms. The van der Waals surface area contributed by atoms with E-state index in [1.807, 2.05) is 24.5 Å². The molecule has 1 heterocycles. The maximum Gasteiger partial charge on any atom is 0.137 e. The van der Waals surface area contributed by atoms with Crippen LogP contribution in [0.25, 0.3) is 11.3 Å². The van der Waals surface area contributed by atoms with Gasteiger partial charge in [0.05, 0.1) is 6.26 Å². The normalized spacial score (nSPS) is 10.6. The summed E-state index contributed by atoms with van der Waals surface area (Å²) in [6.07, 6.45) is 5.49. The molecule has 0 atom stereocenters. The van der Waals surface area contributed by atoms with Crippen LogP contribution in [0, 0.1) is 6.92 Å². The predicted octanol–water partition coefficient (Wildman–Crippen LogP) is 4.60. The summed E-state index contributed by atoms with van der Waals surface area (Å²) in [7, 11) is 0. The summed E-state index contributed by atoms with van der Waals surface area (Å²) in [5.41, 5.74) is 3.81. The molecule has 1 aromatic heterocycles. The van der Waals surface area contributed by atoms with Crippen LogP contribution in [0.4, 0.5) is 0 Å². The first kappa shape index (κ1) is 11.0. The Hall–Kier alpha value is -1.50. The van der Waals surface area contributed by atoms with E-state index in [-0.39, 0.29) is 0 Å². The van der Waals surface area contributed by atoms with Gasteiger partial charge in [-0.1, -0.05) is 43.7 Å². The van der Waals surface area contributed by atoms with Crippen LogP contribution in [0.3, 0.4) is 0 Å². The average molecular weight is 214 g/mol. The Morgan fingerprint density at radius 2 is 1.88 bits per heavy atom. The Balaban J connectivity index is 2.27. The highest BCUT2D eigenvalue weighted by atomic mass is 16.3. The lowest BCUT2D eigenvalue weighted by Crippen LogP contribution is -1.85. The third-order valence-electron chi connectivity index (χ3n) is 2.98. The smallest absolute Gasteiger partial charge is 0.137 e. The molecular formula is C15H18O. The molecule has 16 heavy (non-hydrogen) atoms. The molecule has 0 bridgehead atoms. The minimum Gasteiger partial charge on any atom is -0.464 e. The molecule has 0 N–H and O–H groups in total. The molecule has 1 aromatic carbocycles. The number of benzene rings is 1. The topological polar surface area (TPSA) is 13.1 Å². The van der Waals surface area contributed by atoms with Crippen molar-refractivity contribution in [2.24, 2.45) is 0 Å². The van der Waals surface area contributed by atoms with E-state index in [0.29, 0.717) is 0 Å². The Morgan fingerprint density at radius 3 is 2.56 bits per heavy atom. The van der Waals surface area contributed by atoms with Crippen molar-refractivity contribution in [1.82, 2.24) is 0 Å². The summed E-state index contributed by atoms with van der Waals surface area (Å²) in [5, 5.41) is 0. The van der Waals surface area contributed by atoms with Gasteiger partial charge in [0.2, 0.25) is 0 Å². The third-order valence-corrected chi connectivity index (χ3v) is 2.98. The van der Waals surface area contributed by atoms with Crippen molar-refractivity contribution in [3.63, 3.8) is 0 Å². The fourth-order valence-electron chi connectivity index (χ4n) is 1.94. The molecule has 0 aliphatic heterocycles. The van der Waals surface area contributed by atoms with Crippen LogP contribution in [0.5, 0.6) is 0 Å². The number of unbranched alkanes of at least 4 members (excludes halogenated alkanes) is 1. The van der Waals surface area contributed by atoms with Gasteiger partial charge >= 0.3 is 0 Å². The fraction of sp³-hybridized carbons (Fsp3) is 0.333. The van der Waals surface area contributed by atoms with Gasteiger partial charge in [-0.05, 0) is 30.9 Å². The van der Waals surface area contributed by atoms with Crippen molar-refractivity contribution in [2.45, 2.75) is 33.1 Å². The third kappa shape index (κ3) is 2.19. The lowest BCUT2D eigenvalue weighted by atomic mass is 10.0. The Morgan fingerprint density at radius 1 is 1.12 bits per heavy atom. The van der Waals surface area contributed by atoms with Crippen LogP contribution in [-0.2, 0) is 6.42 Å². The van der Waals surface area contributed by atoms with E-state index in [4.69, 9.17) is 4.42 Å². The molecule has 84 valence electrons. The van der Waals surface area contributed by atoms with Gasteiger partial charge in [-0.15, -0.1) is 0 Å². The number of hydrogen-bond donors (Lipinski definition) is 0. The molecule has 2 rings (SSSR count). The van der Waals surface area contributed by atoms with E-state index in [1.165, 1.54) is 29.5 Å². The summed E-state index contributed by atoms with van der Waals surface area (Å²) in [5.74, 6) is 1.02. The maximum atomic E-state index is 5.68. The lowest BCUT2D eigenvalue weighted by molar-refractivity contribution is 0.576. The molecule has 1 nitrogen and oxygen atoms in total. The Labute approximate surface area is 97.1 Å². The highest BCUT2D eigenvalue weighted by Crippen LogP contribution is 2.28. The first-order chi connectivity index (χ1) is 7.83. The minimum absolute atomic E-state index is 1.02. The lowest BCUT2D eigenvalue weighted by Gasteiger charge is -1.99. The summed E-state index contributed by atoms with van der Waals surface area (Å²) < 4.78 is 5.68. The van der Waals surface area contributed by atoms with Gasteiger partial charge in [0, 0.05) is 5.56 Å². The molecule has 0 radical (unpaired) electrons. The van der Waals surface area contributed by atoms with Crippen LogP contribution in [0.2, 0.25) is 0 Å². The molecule has 0 amide bonds. The number of hydrogen-bond acceptors (Lipinski definition) is 1. The molecular weight excluding hydrogens is 196 g/mol. The van der Waals surface area contributed by atoms with Crippen LogP contribution < -0.4 is 0 Å².